The third-order valence-corrected chi connectivity index (χ3v) is 7.12. The molecule has 154 valence electrons. The Labute approximate surface area is 185 Å². The maximum atomic E-state index is 13.3. The molecule has 0 spiro atoms. The second kappa shape index (κ2) is 7.43. The molecule has 2 aromatic carbocycles. The summed E-state index contributed by atoms with van der Waals surface area (Å²) in [4.78, 5) is 16.3. The third-order valence-electron chi connectivity index (χ3n) is 6.28. The minimum atomic E-state index is 0.0175. The monoisotopic (exact) mass is 426 g/mol. The van der Waals surface area contributed by atoms with Gasteiger partial charge in [0.2, 0.25) is 0 Å². The lowest BCUT2D eigenvalue weighted by atomic mass is 9.88. The molecule has 3 aromatic rings. The van der Waals surface area contributed by atoms with E-state index in [4.69, 9.17) is 4.74 Å². The molecule has 1 atom stereocenters. The van der Waals surface area contributed by atoms with Crippen LogP contribution in [0.4, 0.5) is 5.69 Å². The van der Waals surface area contributed by atoms with Crippen LogP contribution in [0.5, 0.6) is 5.75 Å². The molecule has 4 nitrogen and oxygen atoms in total. The molecule has 3 aliphatic rings. The summed E-state index contributed by atoms with van der Waals surface area (Å²) in [5.74, 6) is 1.27. The van der Waals surface area contributed by atoms with Crippen LogP contribution in [0.1, 0.15) is 33.9 Å². The van der Waals surface area contributed by atoms with Gasteiger partial charge >= 0.3 is 0 Å². The Balaban J connectivity index is 1.44. The number of ether oxygens (including phenoxy) is 1. The predicted octanol–water partition coefficient (Wildman–Crippen LogP) is 5.51. The number of amides is 1. The lowest BCUT2D eigenvalue weighted by Gasteiger charge is -2.34. The zero-order chi connectivity index (χ0) is 20.8. The van der Waals surface area contributed by atoms with Crippen molar-refractivity contribution in [2.75, 3.05) is 18.5 Å². The Kier molecular flexibility index (Phi) is 4.42. The van der Waals surface area contributed by atoms with Crippen LogP contribution in [0.3, 0.4) is 0 Å². The molecule has 0 fully saturated rings. The largest absolute Gasteiger partial charge is 0.493 e. The van der Waals surface area contributed by atoms with Gasteiger partial charge in [-0.2, -0.15) is 0 Å². The first-order valence-corrected chi connectivity index (χ1v) is 11.6. The second-order valence-corrected chi connectivity index (χ2v) is 9.05. The predicted molar refractivity (Wildman–Crippen MR) is 125 cm³/mol. The molecule has 0 saturated heterocycles. The van der Waals surface area contributed by atoms with Crippen molar-refractivity contribution in [2.45, 2.75) is 18.8 Å². The van der Waals surface area contributed by atoms with Crippen LogP contribution >= 0.6 is 11.3 Å². The van der Waals surface area contributed by atoms with Gasteiger partial charge in [-0.25, -0.2) is 0 Å². The van der Waals surface area contributed by atoms with Crippen LogP contribution in [0.2, 0.25) is 0 Å². The summed E-state index contributed by atoms with van der Waals surface area (Å²) < 4.78 is 5.71. The van der Waals surface area contributed by atoms with Gasteiger partial charge in [0, 0.05) is 46.8 Å². The number of thiophene rings is 1. The molecule has 0 radical (unpaired) electrons. The Morgan fingerprint density at radius 3 is 3.00 bits per heavy atom. The normalized spacial score (nSPS) is 19.1. The Bertz CT molecular complexity index is 1230. The summed E-state index contributed by atoms with van der Waals surface area (Å²) in [6, 6.07) is 18.8. The zero-order valence-electron chi connectivity index (χ0n) is 17.0. The van der Waals surface area contributed by atoms with E-state index >= 15 is 0 Å². The number of para-hydroxylation sites is 1. The minimum Gasteiger partial charge on any atom is -0.493 e. The number of anilines is 1. The molecule has 4 heterocycles. The number of carbonyl (C=O) groups excluding carboxylic acids is 1. The van der Waals surface area contributed by atoms with E-state index in [1.807, 2.05) is 34.6 Å². The number of hydrogen-bond acceptors (Lipinski definition) is 4. The molecule has 1 unspecified atom stereocenters. The van der Waals surface area contributed by atoms with Gasteiger partial charge in [0.15, 0.2) is 0 Å². The minimum absolute atomic E-state index is 0.0175. The number of nitrogens with zero attached hydrogens (tertiary/aromatic N) is 1. The van der Waals surface area contributed by atoms with Crippen molar-refractivity contribution < 1.29 is 9.53 Å². The average Bonchev–Trinajstić information content (AvgIpc) is 3.55. The Morgan fingerprint density at radius 2 is 2.10 bits per heavy atom. The van der Waals surface area contributed by atoms with Gasteiger partial charge < -0.3 is 15.0 Å². The number of nitrogens with one attached hydrogen (secondary N) is 1. The fraction of sp³-hybridized carbons (Fsp3) is 0.192. The maximum absolute atomic E-state index is 13.3. The van der Waals surface area contributed by atoms with Crippen LogP contribution in [0.15, 0.2) is 71.8 Å². The maximum Gasteiger partial charge on any atom is 0.251 e. The van der Waals surface area contributed by atoms with Crippen LogP contribution in [-0.2, 0) is 11.2 Å². The van der Waals surface area contributed by atoms with E-state index in [1.54, 1.807) is 17.4 Å². The van der Waals surface area contributed by atoms with Crippen LogP contribution in [0, 0.1) is 0 Å². The Morgan fingerprint density at radius 1 is 1.16 bits per heavy atom. The molecule has 1 amide bonds. The molecular formula is C26H22N2O2S. The first-order valence-electron chi connectivity index (χ1n) is 10.7. The van der Waals surface area contributed by atoms with E-state index in [0.29, 0.717) is 12.5 Å². The quantitative estimate of drug-likeness (QED) is 0.562. The molecule has 31 heavy (non-hydrogen) atoms. The smallest absolute Gasteiger partial charge is 0.251 e. The number of benzene rings is 2. The first-order chi connectivity index (χ1) is 15.3. The lowest BCUT2D eigenvalue weighted by Crippen LogP contribution is -2.35. The van der Waals surface area contributed by atoms with Gasteiger partial charge in [0.1, 0.15) is 5.75 Å². The van der Waals surface area contributed by atoms with Gasteiger partial charge in [-0.05, 0) is 59.3 Å². The number of rotatable bonds is 3. The summed E-state index contributed by atoms with van der Waals surface area (Å²) in [6.07, 6.45) is 5.44. The molecule has 0 saturated carbocycles. The topological polar surface area (TPSA) is 41.6 Å². The van der Waals surface area contributed by atoms with E-state index in [0.717, 1.165) is 52.7 Å². The fourth-order valence-corrected chi connectivity index (χ4v) is 5.45. The van der Waals surface area contributed by atoms with Gasteiger partial charge in [-0.15, -0.1) is 11.3 Å². The van der Waals surface area contributed by atoms with Gasteiger partial charge in [-0.3, -0.25) is 4.79 Å². The summed E-state index contributed by atoms with van der Waals surface area (Å²) >= 11 is 1.63. The highest BCUT2D eigenvalue weighted by molar-refractivity contribution is 7.10. The molecular weight excluding hydrogens is 404 g/mol. The van der Waals surface area contributed by atoms with E-state index in [9.17, 15) is 4.79 Å². The highest BCUT2D eigenvalue weighted by Gasteiger charge is 2.37. The number of hydrogen-bond donors (Lipinski definition) is 1. The van der Waals surface area contributed by atoms with Crippen molar-refractivity contribution in [1.82, 2.24) is 4.90 Å². The van der Waals surface area contributed by atoms with Gasteiger partial charge in [0.25, 0.3) is 5.91 Å². The van der Waals surface area contributed by atoms with Crippen LogP contribution in [0.25, 0.3) is 11.8 Å². The number of fused-ring (bicyclic) bond motifs is 4. The molecule has 0 aliphatic carbocycles. The first kappa shape index (κ1) is 18.5. The van der Waals surface area contributed by atoms with Crippen molar-refractivity contribution in [3.63, 3.8) is 0 Å². The standard InChI is InChI=1S/C26H22N2O2S/c29-24(10-8-19-4-3-15-31-19)28-13-11-21-20-5-1-2-6-22(20)27-25(21)26(28)18-7-9-23-17(16-18)12-14-30-23/h1-10,15-16,21,27H,11-14H2/b10-8+. The lowest BCUT2D eigenvalue weighted by molar-refractivity contribution is -0.123. The van der Waals surface area contributed by atoms with Crippen molar-refractivity contribution in [1.29, 1.82) is 0 Å². The molecule has 3 aliphatic heterocycles. The molecule has 1 aromatic heterocycles. The highest BCUT2D eigenvalue weighted by atomic mass is 32.1. The second-order valence-electron chi connectivity index (χ2n) is 8.08. The van der Waals surface area contributed by atoms with Crippen molar-refractivity contribution in [2.24, 2.45) is 0 Å². The van der Waals surface area contributed by atoms with Crippen molar-refractivity contribution >= 4 is 34.7 Å². The molecule has 0 bridgehead atoms. The summed E-state index contributed by atoms with van der Waals surface area (Å²) in [6.45, 7) is 1.42. The van der Waals surface area contributed by atoms with Crippen molar-refractivity contribution in [3.8, 4) is 5.75 Å². The summed E-state index contributed by atoms with van der Waals surface area (Å²) in [5.41, 5.74) is 6.87. The molecule has 1 N–H and O–H groups in total. The van der Waals surface area contributed by atoms with Crippen LogP contribution < -0.4 is 10.1 Å². The summed E-state index contributed by atoms with van der Waals surface area (Å²) in [7, 11) is 0. The van der Waals surface area contributed by atoms with E-state index in [-0.39, 0.29) is 5.91 Å². The van der Waals surface area contributed by atoms with Gasteiger partial charge in [0.05, 0.1) is 12.3 Å². The number of allylic oxidation sites excluding steroid dienone is 1. The van der Waals surface area contributed by atoms with Crippen molar-refractivity contribution in [3.05, 3.63) is 93.3 Å². The van der Waals surface area contributed by atoms with E-state index in [1.165, 1.54) is 11.1 Å². The summed E-state index contributed by atoms with van der Waals surface area (Å²) in [5, 5.41) is 5.66. The van der Waals surface area contributed by atoms with E-state index < -0.39 is 0 Å². The SMILES string of the molecule is O=C(/C=C/c1cccs1)N1CCC2C(=C1c1ccc3c(c1)CCO3)Nc1ccccc12. The fourth-order valence-electron chi connectivity index (χ4n) is 4.84. The van der Waals surface area contributed by atoms with Crippen LogP contribution in [-0.4, -0.2) is 24.0 Å². The third kappa shape index (κ3) is 3.17. The highest BCUT2D eigenvalue weighted by Crippen LogP contribution is 2.47. The molecule has 5 heteroatoms. The average molecular weight is 427 g/mol. The Hall–Kier alpha value is -3.31. The van der Waals surface area contributed by atoms with Gasteiger partial charge in [-0.1, -0.05) is 24.3 Å². The molecule has 6 rings (SSSR count). The zero-order valence-corrected chi connectivity index (χ0v) is 17.8. The number of carbonyl (C=O) groups is 1. The van der Waals surface area contributed by atoms with E-state index in [2.05, 4.69) is 41.7 Å².